The molecule has 0 aromatic heterocycles. The first-order valence-electron chi connectivity index (χ1n) is 18.8. The van der Waals surface area contributed by atoms with Crippen molar-refractivity contribution in [1.82, 2.24) is 5.32 Å². The summed E-state index contributed by atoms with van der Waals surface area (Å²) in [6.07, 6.45) is 28.8. The van der Waals surface area contributed by atoms with Crippen LogP contribution < -0.4 is 10.2 Å². The zero-order valence-electron chi connectivity index (χ0n) is 29.0. The van der Waals surface area contributed by atoms with Crippen LogP contribution in [0.5, 0.6) is 0 Å². The first-order valence-corrected chi connectivity index (χ1v) is 19.9. The van der Waals surface area contributed by atoms with Crippen molar-refractivity contribution in [3.63, 3.8) is 0 Å². The maximum absolute atomic E-state index is 12.4. The van der Waals surface area contributed by atoms with Crippen molar-refractivity contribution >= 4 is 35.6 Å². The van der Waals surface area contributed by atoms with E-state index in [4.69, 9.17) is 9.47 Å². The number of benzene rings is 1. The van der Waals surface area contributed by atoms with E-state index in [1.54, 1.807) is 0 Å². The highest BCUT2D eigenvalue weighted by Crippen LogP contribution is 2.38. The molecule has 7 heteroatoms. The van der Waals surface area contributed by atoms with Crippen molar-refractivity contribution in [2.24, 2.45) is 5.41 Å². The third-order valence-corrected chi connectivity index (χ3v) is 11.0. The molecule has 3 rings (SSSR count). The average molecular weight is 657 g/mol. The molecule has 0 atom stereocenters. The van der Waals surface area contributed by atoms with E-state index in [0.717, 1.165) is 56.7 Å². The Morgan fingerprint density at radius 1 is 0.761 bits per heavy atom. The van der Waals surface area contributed by atoms with Crippen molar-refractivity contribution < 1.29 is 19.1 Å². The maximum Gasteiger partial charge on any atom is 0.407 e. The lowest BCUT2D eigenvalue weighted by molar-refractivity contribution is -0.147. The molecular weight excluding hydrogens is 593 g/mol. The summed E-state index contributed by atoms with van der Waals surface area (Å²) in [6.45, 7) is 5.53. The normalized spacial score (nSPS) is 14.8. The number of hydrogen-bond donors (Lipinski definition) is 1. The van der Waals surface area contributed by atoms with Crippen molar-refractivity contribution in [3.8, 4) is 0 Å². The SMILES string of the molecule is CCCCCCCCCCCCCCCCCCNC(=O)OCC1(COC(=O)CCCCCN2CC=Cc3ccccc32)CSC1. The number of unbranched alkanes of at least 4 members (excludes halogenated alkanes) is 17. The Hall–Kier alpha value is -2.15. The topological polar surface area (TPSA) is 67.9 Å². The number of nitrogens with one attached hydrogen (secondary N) is 1. The Morgan fingerprint density at radius 3 is 1.98 bits per heavy atom. The highest BCUT2D eigenvalue weighted by Gasteiger charge is 2.40. The Morgan fingerprint density at radius 2 is 1.35 bits per heavy atom. The molecular formula is C39H64N2O4S. The van der Waals surface area contributed by atoms with Crippen LogP contribution in [-0.4, -0.2) is 56.4 Å². The third-order valence-electron chi connectivity index (χ3n) is 9.37. The Labute approximate surface area is 285 Å². The molecule has 2 heterocycles. The highest BCUT2D eigenvalue weighted by atomic mass is 32.2. The fourth-order valence-electron chi connectivity index (χ4n) is 6.32. The fourth-order valence-corrected chi connectivity index (χ4v) is 7.44. The summed E-state index contributed by atoms with van der Waals surface area (Å²) >= 11 is 1.81. The number of carbonyl (C=O) groups is 2. The zero-order chi connectivity index (χ0) is 32.5. The lowest BCUT2D eigenvalue weighted by Gasteiger charge is -2.39. The molecule has 0 saturated carbocycles. The Bertz CT molecular complexity index is 996. The minimum Gasteiger partial charge on any atom is -0.465 e. The largest absolute Gasteiger partial charge is 0.465 e. The number of anilines is 1. The molecule has 1 aromatic carbocycles. The van der Waals surface area contributed by atoms with Crippen LogP contribution in [0.25, 0.3) is 6.08 Å². The van der Waals surface area contributed by atoms with Gasteiger partial charge in [-0.3, -0.25) is 4.79 Å². The lowest BCUT2D eigenvalue weighted by atomic mass is 9.94. The van der Waals surface area contributed by atoms with Crippen molar-refractivity contribution in [2.45, 2.75) is 135 Å². The van der Waals surface area contributed by atoms with E-state index in [1.165, 1.54) is 101 Å². The molecule has 0 radical (unpaired) electrons. The van der Waals surface area contributed by atoms with E-state index >= 15 is 0 Å². The Kier molecular flexibility index (Phi) is 20.0. The smallest absolute Gasteiger partial charge is 0.407 e. The number of hydrogen-bond acceptors (Lipinski definition) is 6. The number of amides is 1. The van der Waals surface area contributed by atoms with Crippen LogP contribution in [0, 0.1) is 5.41 Å². The van der Waals surface area contributed by atoms with Gasteiger partial charge in [-0.15, -0.1) is 0 Å². The number of thioether (sulfide) groups is 1. The molecule has 0 spiro atoms. The molecule has 0 bridgehead atoms. The quantitative estimate of drug-likeness (QED) is 0.0751. The molecule has 2 aliphatic rings. The van der Waals surface area contributed by atoms with Crippen molar-refractivity contribution in [2.75, 3.05) is 49.3 Å². The number of nitrogens with zero attached hydrogens (tertiary/aromatic N) is 1. The van der Waals surface area contributed by atoms with E-state index in [0.29, 0.717) is 26.2 Å². The number of carbonyl (C=O) groups excluding carboxylic acids is 2. The first kappa shape index (κ1) is 38.3. The minimum atomic E-state index is -0.351. The average Bonchev–Trinajstić information content (AvgIpc) is 3.05. The van der Waals surface area contributed by atoms with E-state index in [9.17, 15) is 9.59 Å². The summed E-state index contributed by atoms with van der Waals surface area (Å²) in [5.41, 5.74) is 2.34. The summed E-state index contributed by atoms with van der Waals surface area (Å²) in [7, 11) is 0. The monoisotopic (exact) mass is 656 g/mol. The number of rotatable bonds is 27. The second-order valence-electron chi connectivity index (χ2n) is 13.7. The van der Waals surface area contributed by atoms with Crippen LogP contribution in [0.2, 0.25) is 0 Å². The fraction of sp³-hybridized carbons (Fsp3) is 0.744. The van der Waals surface area contributed by atoms with Gasteiger partial charge < -0.3 is 19.7 Å². The molecule has 1 N–H and O–H groups in total. The summed E-state index contributed by atoms with van der Waals surface area (Å²) in [4.78, 5) is 27.1. The zero-order valence-corrected chi connectivity index (χ0v) is 29.9. The van der Waals surface area contributed by atoms with Gasteiger partial charge in [0.2, 0.25) is 0 Å². The first-order chi connectivity index (χ1) is 22.6. The summed E-state index contributed by atoms with van der Waals surface area (Å²) in [5.74, 6) is 1.58. The van der Waals surface area contributed by atoms with Crippen LogP contribution in [0.3, 0.4) is 0 Å². The van der Waals surface area contributed by atoms with E-state index in [-0.39, 0.29) is 17.5 Å². The van der Waals surface area contributed by atoms with Gasteiger partial charge in [-0.2, -0.15) is 11.8 Å². The summed E-state index contributed by atoms with van der Waals surface area (Å²) in [5, 5.41) is 2.90. The van der Waals surface area contributed by atoms with Gasteiger partial charge in [0.1, 0.15) is 13.2 Å². The second kappa shape index (κ2) is 24.1. The predicted molar refractivity (Wildman–Crippen MR) is 196 cm³/mol. The maximum atomic E-state index is 12.4. The molecule has 1 amide bonds. The molecule has 6 nitrogen and oxygen atoms in total. The van der Waals surface area contributed by atoms with Gasteiger partial charge in [-0.05, 0) is 30.9 Å². The molecule has 46 heavy (non-hydrogen) atoms. The third kappa shape index (κ3) is 16.1. The predicted octanol–water partition coefficient (Wildman–Crippen LogP) is 10.3. The number of esters is 1. The van der Waals surface area contributed by atoms with Gasteiger partial charge in [0.15, 0.2) is 0 Å². The molecule has 1 aromatic rings. The molecule has 0 unspecified atom stereocenters. The highest BCUT2D eigenvalue weighted by molar-refractivity contribution is 8.00. The summed E-state index contributed by atoms with van der Waals surface area (Å²) in [6, 6.07) is 8.50. The van der Waals surface area contributed by atoms with Crippen molar-refractivity contribution in [1.29, 1.82) is 0 Å². The van der Waals surface area contributed by atoms with Crippen molar-refractivity contribution in [3.05, 3.63) is 35.9 Å². The Balaban J connectivity index is 1.10. The lowest BCUT2D eigenvalue weighted by Crippen LogP contribution is -2.46. The number of fused-ring (bicyclic) bond motifs is 1. The second-order valence-corrected chi connectivity index (χ2v) is 14.7. The molecule has 0 aliphatic carbocycles. The van der Waals surface area contributed by atoms with Crippen LogP contribution >= 0.6 is 11.8 Å². The van der Waals surface area contributed by atoms with Crippen LogP contribution in [-0.2, 0) is 14.3 Å². The van der Waals surface area contributed by atoms with E-state index in [1.807, 2.05) is 11.8 Å². The van der Waals surface area contributed by atoms with Crippen LogP contribution in [0.15, 0.2) is 30.3 Å². The van der Waals surface area contributed by atoms with Gasteiger partial charge in [-0.25, -0.2) is 4.79 Å². The van der Waals surface area contributed by atoms with E-state index < -0.39 is 0 Å². The minimum absolute atomic E-state index is 0.143. The molecule has 260 valence electrons. The van der Waals surface area contributed by atoms with Gasteiger partial charge in [-0.1, -0.05) is 140 Å². The van der Waals surface area contributed by atoms with Crippen LogP contribution in [0.1, 0.15) is 141 Å². The molecule has 2 aliphatic heterocycles. The van der Waals surface area contributed by atoms with Gasteiger partial charge >= 0.3 is 12.1 Å². The number of alkyl carbamates (subject to hydrolysis) is 1. The number of ether oxygens (including phenoxy) is 2. The van der Waals surface area contributed by atoms with E-state index in [2.05, 4.69) is 53.6 Å². The van der Waals surface area contributed by atoms with Gasteiger partial charge in [0.05, 0.1) is 5.41 Å². The molecule has 1 fully saturated rings. The van der Waals surface area contributed by atoms with Crippen LogP contribution in [0.4, 0.5) is 10.5 Å². The summed E-state index contributed by atoms with van der Waals surface area (Å²) < 4.78 is 11.2. The molecule has 1 saturated heterocycles. The number of para-hydroxylation sites is 1. The van der Waals surface area contributed by atoms with Gasteiger partial charge in [0.25, 0.3) is 0 Å². The standard InChI is InChI=1S/C39H64N2O4S/c1-2-3-4-5-6-7-8-9-10-11-12-13-14-15-16-21-28-40-38(43)45-32-39(33-46-34-39)31-44-37(42)27-18-17-22-29-41-30-23-25-35-24-19-20-26-36(35)41/h19-20,23-26H,2-18,21-22,27-34H2,1H3,(H,40,43). The van der Waals surface area contributed by atoms with Gasteiger partial charge in [0, 0.05) is 43.2 Å².